The molecule has 0 bridgehead atoms. The Kier molecular flexibility index (Phi) is 4.01. The van der Waals surface area contributed by atoms with E-state index in [1.165, 1.54) is 4.90 Å². The predicted octanol–water partition coefficient (Wildman–Crippen LogP) is -1.65. The normalized spacial score (nSPS) is 10.1. The first kappa shape index (κ1) is 12.2. The highest BCUT2D eigenvalue weighted by molar-refractivity contribution is 5.91. The quantitative estimate of drug-likeness (QED) is 0.573. The van der Waals surface area contributed by atoms with Gasteiger partial charge >= 0.3 is 5.69 Å². The van der Waals surface area contributed by atoms with Crippen molar-refractivity contribution in [3.05, 3.63) is 32.6 Å². The number of amides is 1. The number of rotatable bonds is 4. The Labute approximate surface area is 91.5 Å². The van der Waals surface area contributed by atoms with E-state index in [0.29, 0.717) is 13.1 Å². The topological polar surface area (TPSA) is 98.1 Å². The Morgan fingerprint density at radius 2 is 2.12 bits per heavy atom. The van der Waals surface area contributed by atoms with E-state index in [1.54, 1.807) is 14.1 Å². The second-order valence-electron chi connectivity index (χ2n) is 3.33. The van der Waals surface area contributed by atoms with Gasteiger partial charge in [-0.1, -0.05) is 0 Å². The Hall–Kier alpha value is -1.89. The molecular formula is C9H14N4O3. The summed E-state index contributed by atoms with van der Waals surface area (Å²) in [7, 11) is 3.37. The van der Waals surface area contributed by atoms with Gasteiger partial charge in [-0.05, 0) is 7.05 Å². The van der Waals surface area contributed by atoms with Gasteiger partial charge in [0, 0.05) is 26.2 Å². The molecule has 1 aromatic heterocycles. The van der Waals surface area contributed by atoms with Crippen molar-refractivity contribution in [3.8, 4) is 0 Å². The lowest BCUT2D eigenvalue weighted by Crippen LogP contribution is -2.35. The molecule has 88 valence electrons. The maximum absolute atomic E-state index is 11.7. The highest BCUT2D eigenvalue weighted by atomic mass is 16.2. The Morgan fingerprint density at radius 3 is 2.69 bits per heavy atom. The van der Waals surface area contributed by atoms with Crippen molar-refractivity contribution in [2.24, 2.45) is 0 Å². The zero-order valence-corrected chi connectivity index (χ0v) is 9.16. The van der Waals surface area contributed by atoms with E-state index >= 15 is 0 Å². The van der Waals surface area contributed by atoms with Crippen LogP contribution in [-0.2, 0) is 0 Å². The molecule has 1 rings (SSSR count). The van der Waals surface area contributed by atoms with Crippen molar-refractivity contribution in [3.63, 3.8) is 0 Å². The van der Waals surface area contributed by atoms with E-state index in [1.807, 2.05) is 4.98 Å². The van der Waals surface area contributed by atoms with Gasteiger partial charge in [0.25, 0.3) is 11.5 Å². The van der Waals surface area contributed by atoms with Crippen LogP contribution in [0.3, 0.4) is 0 Å². The molecule has 0 spiro atoms. The average Bonchev–Trinajstić information content (AvgIpc) is 2.23. The molecule has 1 heterocycles. The fraction of sp³-hybridized carbons (Fsp3) is 0.444. The molecule has 0 radical (unpaired) electrons. The number of carbonyl (C=O) groups is 1. The summed E-state index contributed by atoms with van der Waals surface area (Å²) in [5.74, 6) is -0.390. The lowest BCUT2D eigenvalue weighted by Gasteiger charge is -2.16. The fourth-order valence-electron chi connectivity index (χ4n) is 1.17. The first-order chi connectivity index (χ1) is 7.54. The monoisotopic (exact) mass is 226 g/mol. The molecule has 1 amide bonds. The number of carbonyl (C=O) groups excluding carboxylic acids is 1. The van der Waals surface area contributed by atoms with Crippen molar-refractivity contribution >= 4 is 5.91 Å². The van der Waals surface area contributed by atoms with Gasteiger partial charge < -0.3 is 15.2 Å². The van der Waals surface area contributed by atoms with E-state index in [0.717, 1.165) is 6.07 Å². The molecule has 0 saturated heterocycles. The van der Waals surface area contributed by atoms with Gasteiger partial charge in [-0.3, -0.25) is 14.6 Å². The van der Waals surface area contributed by atoms with Crippen LogP contribution >= 0.6 is 0 Å². The lowest BCUT2D eigenvalue weighted by atomic mass is 10.3. The van der Waals surface area contributed by atoms with Crippen LogP contribution in [0.4, 0.5) is 0 Å². The summed E-state index contributed by atoms with van der Waals surface area (Å²) in [5.41, 5.74) is -1.28. The van der Waals surface area contributed by atoms with Crippen LogP contribution in [0.1, 0.15) is 10.5 Å². The first-order valence-electron chi connectivity index (χ1n) is 4.78. The van der Waals surface area contributed by atoms with E-state index < -0.39 is 17.2 Å². The van der Waals surface area contributed by atoms with Crippen LogP contribution in [0.25, 0.3) is 0 Å². The maximum atomic E-state index is 11.7. The summed E-state index contributed by atoms with van der Waals surface area (Å²) >= 11 is 0. The number of aromatic amines is 2. The minimum atomic E-state index is -0.683. The SMILES string of the molecule is CNCCN(C)C(=O)c1cc(=O)[nH]c(=O)[nH]1. The molecule has 0 aliphatic carbocycles. The number of nitrogens with one attached hydrogen (secondary N) is 3. The van der Waals surface area contributed by atoms with E-state index in [2.05, 4.69) is 10.3 Å². The average molecular weight is 226 g/mol. The molecule has 0 atom stereocenters. The minimum absolute atomic E-state index is 0.00708. The number of H-pyrrole nitrogens is 2. The second-order valence-corrected chi connectivity index (χ2v) is 3.33. The number of hydrogen-bond acceptors (Lipinski definition) is 4. The van der Waals surface area contributed by atoms with Crippen molar-refractivity contribution in [2.45, 2.75) is 0 Å². The van der Waals surface area contributed by atoms with Gasteiger partial charge in [0.2, 0.25) is 0 Å². The third-order valence-corrected chi connectivity index (χ3v) is 2.03. The summed E-state index contributed by atoms with van der Waals surface area (Å²) in [6.07, 6.45) is 0. The van der Waals surface area contributed by atoms with Gasteiger partial charge in [-0.2, -0.15) is 0 Å². The van der Waals surface area contributed by atoms with Gasteiger partial charge in [0.05, 0.1) is 0 Å². The van der Waals surface area contributed by atoms with Crippen LogP contribution in [0, 0.1) is 0 Å². The molecule has 0 aliphatic heterocycles. The molecule has 1 aromatic rings. The summed E-state index contributed by atoms with van der Waals surface area (Å²) in [5, 5.41) is 2.89. The maximum Gasteiger partial charge on any atom is 0.326 e. The Bertz CT molecular complexity index is 448. The van der Waals surface area contributed by atoms with Gasteiger partial charge in [0.1, 0.15) is 5.69 Å². The first-order valence-corrected chi connectivity index (χ1v) is 4.78. The Morgan fingerprint density at radius 1 is 1.44 bits per heavy atom. The standard InChI is InChI=1S/C9H14N4O3/c1-10-3-4-13(2)8(15)6-5-7(14)12-9(16)11-6/h5,10H,3-4H2,1-2H3,(H2,11,12,14,16). The molecule has 7 nitrogen and oxygen atoms in total. The Balaban J connectivity index is 2.87. The van der Waals surface area contributed by atoms with E-state index in [-0.39, 0.29) is 5.69 Å². The zero-order chi connectivity index (χ0) is 12.1. The highest BCUT2D eigenvalue weighted by Crippen LogP contribution is 1.93. The number of likely N-dealkylation sites (N-methyl/N-ethyl adjacent to an activating group) is 2. The van der Waals surface area contributed by atoms with Gasteiger partial charge in [-0.25, -0.2) is 4.79 Å². The second kappa shape index (κ2) is 5.26. The molecule has 0 saturated carbocycles. The van der Waals surface area contributed by atoms with Gasteiger partial charge in [-0.15, -0.1) is 0 Å². The number of hydrogen-bond donors (Lipinski definition) is 3. The van der Waals surface area contributed by atoms with Crippen molar-refractivity contribution in [1.82, 2.24) is 20.2 Å². The molecule has 0 fully saturated rings. The molecule has 0 aliphatic rings. The predicted molar refractivity (Wildman–Crippen MR) is 58.6 cm³/mol. The summed E-state index contributed by atoms with van der Waals surface area (Å²) < 4.78 is 0. The van der Waals surface area contributed by atoms with Crippen LogP contribution in [-0.4, -0.2) is 48.0 Å². The van der Waals surface area contributed by atoms with Crippen molar-refractivity contribution in [1.29, 1.82) is 0 Å². The molecule has 16 heavy (non-hydrogen) atoms. The van der Waals surface area contributed by atoms with Crippen LogP contribution in [0.5, 0.6) is 0 Å². The third-order valence-electron chi connectivity index (χ3n) is 2.03. The van der Waals surface area contributed by atoms with Gasteiger partial charge in [0.15, 0.2) is 0 Å². The fourth-order valence-corrected chi connectivity index (χ4v) is 1.17. The van der Waals surface area contributed by atoms with Crippen LogP contribution in [0.15, 0.2) is 15.7 Å². The third kappa shape index (κ3) is 3.06. The molecule has 3 N–H and O–H groups in total. The summed E-state index contributed by atoms with van der Waals surface area (Å²) in [4.78, 5) is 39.4. The molecular weight excluding hydrogens is 212 g/mol. The van der Waals surface area contributed by atoms with E-state index in [9.17, 15) is 14.4 Å². The molecule has 7 heteroatoms. The van der Waals surface area contributed by atoms with E-state index in [4.69, 9.17) is 0 Å². The lowest BCUT2D eigenvalue weighted by molar-refractivity contribution is 0.0790. The summed E-state index contributed by atoms with van der Waals surface area (Å²) in [6, 6.07) is 1.07. The largest absolute Gasteiger partial charge is 0.339 e. The number of aromatic nitrogens is 2. The van der Waals surface area contributed by atoms with Crippen LogP contribution < -0.4 is 16.6 Å². The zero-order valence-electron chi connectivity index (χ0n) is 9.16. The number of nitrogens with zero attached hydrogens (tertiary/aromatic N) is 1. The minimum Gasteiger partial charge on any atom is -0.339 e. The highest BCUT2D eigenvalue weighted by Gasteiger charge is 2.12. The molecule has 0 aromatic carbocycles. The summed E-state index contributed by atoms with van der Waals surface area (Å²) in [6.45, 7) is 1.12. The van der Waals surface area contributed by atoms with Crippen LogP contribution in [0.2, 0.25) is 0 Å². The smallest absolute Gasteiger partial charge is 0.326 e. The molecule has 0 unspecified atom stereocenters. The van der Waals surface area contributed by atoms with Crippen molar-refractivity contribution < 1.29 is 4.79 Å². The van der Waals surface area contributed by atoms with Crippen molar-refractivity contribution in [2.75, 3.05) is 27.2 Å².